The second kappa shape index (κ2) is 3.76. The lowest BCUT2D eigenvalue weighted by molar-refractivity contribution is 0.0692. The molecule has 0 amide bonds. The zero-order chi connectivity index (χ0) is 9.97. The van der Waals surface area contributed by atoms with E-state index in [1.165, 1.54) is 6.33 Å². The van der Waals surface area contributed by atoms with Gasteiger partial charge in [0.2, 0.25) is 0 Å². The molecule has 1 aliphatic rings. The maximum absolute atomic E-state index is 9.73. The molecule has 1 aromatic heterocycles. The van der Waals surface area contributed by atoms with Crippen LogP contribution in [0.4, 0.5) is 0 Å². The van der Waals surface area contributed by atoms with Crippen molar-refractivity contribution < 1.29 is 5.11 Å². The lowest BCUT2D eigenvalue weighted by atomic mass is 9.93. The lowest BCUT2D eigenvalue weighted by Crippen LogP contribution is -2.27. The molecule has 0 spiro atoms. The normalized spacial score (nSPS) is 27.1. The van der Waals surface area contributed by atoms with Crippen molar-refractivity contribution in [1.82, 2.24) is 14.8 Å². The van der Waals surface area contributed by atoms with E-state index in [0.717, 1.165) is 25.7 Å². The Morgan fingerprint density at radius 2 is 2.29 bits per heavy atom. The fraction of sp³-hybridized carbons (Fsp3) is 0.667. The molecular formula is C9H12N4O. The van der Waals surface area contributed by atoms with Gasteiger partial charge in [-0.15, -0.1) is 5.10 Å². The van der Waals surface area contributed by atoms with Crippen LogP contribution in [-0.2, 0) is 0 Å². The molecule has 14 heavy (non-hydrogen) atoms. The van der Waals surface area contributed by atoms with Gasteiger partial charge in [-0.2, -0.15) is 5.26 Å². The summed E-state index contributed by atoms with van der Waals surface area (Å²) in [6.07, 6.45) is 5.07. The van der Waals surface area contributed by atoms with Crippen LogP contribution in [0.15, 0.2) is 6.33 Å². The van der Waals surface area contributed by atoms with Crippen LogP contribution >= 0.6 is 0 Å². The Balaban J connectivity index is 2.17. The fourth-order valence-corrected chi connectivity index (χ4v) is 1.89. The molecule has 0 bridgehead atoms. The maximum atomic E-state index is 9.73. The zero-order valence-corrected chi connectivity index (χ0v) is 7.80. The van der Waals surface area contributed by atoms with Crippen molar-refractivity contribution in [2.45, 2.75) is 37.8 Å². The molecule has 0 radical (unpaired) electrons. The molecule has 1 heterocycles. The Hall–Kier alpha value is -1.41. The summed E-state index contributed by atoms with van der Waals surface area (Å²) in [7, 11) is 0. The summed E-state index contributed by atoms with van der Waals surface area (Å²) in [6.45, 7) is 0. The molecule has 1 aliphatic carbocycles. The molecule has 74 valence electrons. The monoisotopic (exact) mass is 192 g/mol. The van der Waals surface area contributed by atoms with Crippen molar-refractivity contribution in [3.05, 3.63) is 12.2 Å². The van der Waals surface area contributed by atoms with Crippen LogP contribution in [0.3, 0.4) is 0 Å². The molecule has 2 rings (SSSR count). The van der Waals surface area contributed by atoms with Gasteiger partial charge in [-0.05, 0) is 12.8 Å². The Morgan fingerprint density at radius 3 is 2.93 bits per heavy atom. The van der Waals surface area contributed by atoms with Gasteiger partial charge in [0.05, 0.1) is 12.1 Å². The minimum Gasteiger partial charge on any atom is -0.391 e. The highest BCUT2D eigenvalue weighted by Gasteiger charge is 2.25. The molecule has 1 N–H and O–H groups in total. The van der Waals surface area contributed by atoms with E-state index >= 15 is 0 Å². The first-order valence-corrected chi connectivity index (χ1v) is 4.80. The number of hydrogen-bond acceptors (Lipinski definition) is 4. The molecule has 1 fully saturated rings. The van der Waals surface area contributed by atoms with Crippen molar-refractivity contribution in [3.8, 4) is 6.07 Å². The first kappa shape index (κ1) is 9.16. The van der Waals surface area contributed by atoms with Gasteiger partial charge < -0.3 is 5.11 Å². The van der Waals surface area contributed by atoms with Gasteiger partial charge in [0, 0.05) is 0 Å². The number of rotatable bonds is 1. The average molecular weight is 192 g/mol. The number of nitrogens with zero attached hydrogens (tertiary/aromatic N) is 4. The Morgan fingerprint density at radius 1 is 1.50 bits per heavy atom. The van der Waals surface area contributed by atoms with Gasteiger partial charge in [0.1, 0.15) is 12.4 Å². The first-order valence-electron chi connectivity index (χ1n) is 4.80. The summed E-state index contributed by atoms with van der Waals surface area (Å²) in [5.74, 6) is 0.169. The number of aromatic nitrogens is 3. The second-order valence-electron chi connectivity index (χ2n) is 3.58. The van der Waals surface area contributed by atoms with Crippen molar-refractivity contribution in [3.63, 3.8) is 0 Å². The summed E-state index contributed by atoms with van der Waals surface area (Å²) in [4.78, 5) is 3.82. The molecule has 1 aromatic rings. The molecule has 0 aromatic carbocycles. The van der Waals surface area contributed by atoms with Crippen LogP contribution < -0.4 is 0 Å². The van der Waals surface area contributed by atoms with Crippen molar-refractivity contribution >= 4 is 0 Å². The van der Waals surface area contributed by atoms with Gasteiger partial charge in [0.25, 0.3) is 5.82 Å². The van der Waals surface area contributed by atoms with E-state index in [9.17, 15) is 5.11 Å². The van der Waals surface area contributed by atoms with Gasteiger partial charge in [-0.1, -0.05) is 12.8 Å². The van der Waals surface area contributed by atoms with Gasteiger partial charge >= 0.3 is 0 Å². The molecule has 5 heteroatoms. The van der Waals surface area contributed by atoms with E-state index in [2.05, 4.69) is 10.1 Å². The Labute approximate surface area is 82.0 Å². The third-order valence-electron chi connectivity index (χ3n) is 2.64. The summed E-state index contributed by atoms with van der Waals surface area (Å²) in [5, 5.41) is 22.3. The van der Waals surface area contributed by atoms with Gasteiger partial charge in [-0.25, -0.2) is 9.67 Å². The topological polar surface area (TPSA) is 74.7 Å². The number of aliphatic hydroxyl groups is 1. The Bertz CT molecular complexity index is 354. The summed E-state index contributed by atoms with van der Waals surface area (Å²) >= 11 is 0. The van der Waals surface area contributed by atoms with Crippen LogP contribution in [0.2, 0.25) is 0 Å². The van der Waals surface area contributed by atoms with Gasteiger partial charge in [0.15, 0.2) is 0 Å². The Kier molecular flexibility index (Phi) is 2.46. The molecular weight excluding hydrogens is 180 g/mol. The third kappa shape index (κ3) is 1.61. The molecule has 2 atom stereocenters. The van der Waals surface area contributed by atoms with E-state index in [0.29, 0.717) is 0 Å². The standard InChI is InChI=1S/C9H12N4O/c10-5-9-11-6-13(12-9)7-3-1-2-4-8(7)14/h6-8,14H,1-4H2. The molecule has 1 saturated carbocycles. The van der Waals surface area contributed by atoms with Crippen LogP contribution in [0.5, 0.6) is 0 Å². The van der Waals surface area contributed by atoms with Crippen LogP contribution in [0.1, 0.15) is 37.5 Å². The quantitative estimate of drug-likeness (QED) is 0.708. The van der Waals surface area contributed by atoms with Crippen molar-refractivity contribution in [1.29, 1.82) is 5.26 Å². The SMILES string of the molecule is N#Cc1ncn(C2CCCCC2O)n1. The predicted molar refractivity (Wildman–Crippen MR) is 48.2 cm³/mol. The maximum Gasteiger partial charge on any atom is 0.252 e. The highest BCUT2D eigenvalue weighted by Crippen LogP contribution is 2.27. The first-order chi connectivity index (χ1) is 6.81. The summed E-state index contributed by atoms with van der Waals surface area (Å²) in [6, 6.07) is 1.88. The van der Waals surface area contributed by atoms with Crippen LogP contribution in [0, 0.1) is 11.3 Å². The van der Waals surface area contributed by atoms with Crippen molar-refractivity contribution in [2.24, 2.45) is 0 Å². The van der Waals surface area contributed by atoms with Gasteiger partial charge in [-0.3, -0.25) is 0 Å². The molecule has 2 unspecified atom stereocenters. The summed E-state index contributed by atoms with van der Waals surface area (Å²) < 4.78 is 1.61. The minimum atomic E-state index is -0.350. The number of nitriles is 1. The molecule has 0 saturated heterocycles. The molecule has 0 aliphatic heterocycles. The van der Waals surface area contributed by atoms with E-state index in [-0.39, 0.29) is 18.0 Å². The highest BCUT2D eigenvalue weighted by atomic mass is 16.3. The van der Waals surface area contributed by atoms with Crippen molar-refractivity contribution in [2.75, 3.05) is 0 Å². The summed E-state index contributed by atoms with van der Waals surface area (Å²) in [5.41, 5.74) is 0. The van der Waals surface area contributed by atoms with Crippen LogP contribution in [0.25, 0.3) is 0 Å². The van der Waals surface area contributed by atoms with E-state index in [1.807, 2.05) is 6.07 Å². The zero-order valence-electron chi connectivity index (χ0n) is 7.80. The molecule has 5 nitrogen and oxygen atoms in total. The largest absolute Gasteiger partial charge is 0.391 e. The minimum absolute atomic E-state index is 0.00153. The van der Waals surface area contributed by atoms with E-state index in [1.54, 1.807) is 4.68 Å². The van der Waals surface area contributed by atoms with Crippen LogP contribution in [-0.4, -0.2) is 26.0 Å². The third-order valence-corrected chi connectivity index (χ3v) is 2.64. The van der Waals surface area contributed by atoms with E-state index < -0.39 is 0 Å². The smallest absolute Gasteiger partial charge is 0.252 e. The number of hydrogen-bond donors (Lipinski definition) is 1. The predicted octanol–water partition coefficient (Wildman–Crippen LogP) is 0.626. The average Bonchev–Trinajstić information content (AvgIpc) is 2.67. The highest BCUT2D eigenvalue weighted by molar-refractivity contribution is 5.05. The lowest BCUT2D eigenvalue weighted by Gasteiger charge is -2.27. The fourth-order valence-electron chi connectivity index (χ4n) is 1.89. The number of aliphatic hydroxyl groups excluding tert-OH is 1. The second-order valence-corrected chi connectivity index (χ2v) is 3.58. The van der Waals surface area contributed by atoms with E-state index in [4.69, 9.17) is 5.26 Å².